The molecule has 9 heteroatoms. The van der Waals surface area contributed by atoms with E-state index in [9.17, 15) is 19.7 Å². The zero-order valence-electron chi connectivity index (χ0n) is 20.5. The summed E-state index contributed by atoms with van der Waals surface area (Å²) in [4.78, 5) is 6.25. The second-order valence-electron chi connectivity index (χ2n) is 9.72. The number of benzene rings is 2. The van der Waals surface area contributed by atoms with Crippen molar-refractivity contribution in [1.29, 1.82) is 0 Å². The Kier molecular flexibility index (Phi) is 7.30. The average molecular weight is 511 g/mol. The second-order valence-corrected chi connectivity index (χ2v) is 9.72. The summed E-state index contributed by atoms with van der Waals surface area (Å²) in [7, 11) is 1.62. The van der Waals surface area contributed by atoms with Crippen LogP contribution in [0.25, 0.3) is 0 Å². The van der Waals surface area contributed by atoms with Crippen molar-refractivity contribution in [2.45, 2.75) is 36.9 Å². The summed E-state index contributed by atoms with van der Waals surface area (Å²) < 4.78 is 30.6. The standard InChI is InChI=1S/C28H31FN2O6/c1-35-20-8-6-18(7-9-20)16-36-21-10-11-23(30-13-21)24(32)15-31-14-19-12-26(27(33)28(19,34)17-31)37-25-5-3-2-4-22(25)29/h2-11,13,19,24,26-27,32-34H,12,14-17H2,1H3/t19-,24-,26+,27+,28-/m1/s1. The number of nitrogens with zero attached hydrogens (tertiary/aromatic N) is 2. The predicted octanol–water partition coefficient (Wildman–Crippen LogP) is 2.72. The van der Waals surface area contributed by atoms with Gasteiger partial charge in [-0.15, -0.1) is 0 Å². The van der Waals surface area contributed by atoms with Gasteiger partial charge in [0.25, 0.3) is 0 Å². The normalized spacial score (nSPS) is 26.0. The molecule has 1 aliphatic heterocycles. The van der Waals surface area contributed by atoms with Gasteiger partial charge in [-0.05, 0) is 48.4 Å². The Morgan fingerprint density at radius 1 is 1.11 bits per heavy atom. The predicted molar refractivity (Wildman–Crippen MR) is 133 cm³/mol. The zero-order chi connectivity index (χ0) is 26.0. The number of halogens is 1. The molecule has 0 radical (unpaired) electrons. The van der Waals surface area contributed by atoms with Crippen molar-refractivity contribution in [3.05, 3.63) is 83.9 Å². The molecule has 8 nitrogen and oxygen atoms in total. The third-order valence-electron chi connectivity index (χ3n) is 7.25. The number of methoxy groups -OCH3 is 1. The van der Waals surface area contributed by atoms with Crippen molar-refractivity contribution in [3.63, 3.8) is 0 Å². The molecule has 1 aromatic heterocycles. The monoisotopic (exact) mass is 510 g/mol. The van der Waals surface area contributed by atoms with Crippen LogP contribution in [0.15, 0.2) is 66.9 Å². The first-order chi connectivity index (χ1) is 17.9. The fourth-order valence-corrected chi connectivity index (χ4v) is 5.22. The van der Waals surface area contributed by atoms with E-state index in [2.05, 4.69) is 4.98 Å². The van der Waals surface area contributed by atoms with Gasteiger partial charge in [-0.3, -0.25) is 9.88 Å². The van der Waals surface area contributed by atoms with Gasteiger partial charge < -0.3 is 29.5 Å². The van der Waals surface area contributed by atoms with Gasteiger partial charge in [-0.1, -0.05) is 24.3 Å². The third-order valence-corrected chi connectivity index (χ3v) is 7.25. The summed E-state index contributed by atoms with van der Waals surface area (Å²) in [5.74, 6) is 0.662. The van der Waals surface area contributed by atoms with Crippen LogP contribution < -0.4 is 14.2 Å². The van der Waals surface area contributed by atoms with Crippen LogP contribution in [0.4, 0.5) is 4.39 Å². The molecule has 0 unspecified atom stereocenters. The molecule has 196 valence electrons. The van der Waals surface area contributed by atoms with E-state index < -0.39 is 29.7 Å². The number of fused-ring (bicyclic) bond motifs is 1. The number of aliphatic hydroxyl groups is 3. The lowest BCUT2D eigenvalue weighted by atomic mass is 9.93. The van der Waals surface area contributed by atoms with E-state index >= 15 is 0 Å². The summed E-state index contributed by atoms with van der Waals surface area (Å²) >= 11 is 0. The number of pyridine rings is 1. The molecule has 0 amide bonds. The van der Waals surface area contributed by atoms with Crippen molar-refractivity contribution in [2.75, 3.05) is 26.7 Å². The van der Waals surface area contributed by atoms with E-state index in [4.69, 9.17) is 14.2 Å². The Morgan fingerprint density at radius 3 is 2.54 bits per heavy atom. The van der Waals surface area contributed by atoms with Crippen molar-refractivity contribution in [1.82, 2.24) is 9.88 Å². The second kappa shape index (κ2) is 10.6. The Labute approximate surface area is 214 Å². The highest BCUT2D eigenvalue weighted by atomic mass is 19.1. The molecule has 2 fully saturated rings. The minimum Gasteiger partial charge on any atom is -0.497 e. The molecular weight excluding hydrogens is 479 g/mol. The van der Waals surface area contributed by atoms with Crippen LogP contribution >= 0.6 is 0 Å². The fraction of sp³-hybridized carbons (Fsp3) is 0.393. The number of β-amino-alcohol motifs (C(OH)–C–C–N with tert-alkyl or cyclic N) is 2. The number of ether oxygens (including phenoxy) is 3. The first kappa shape index (κ1) is 25.4. The minimum absolute atomic E-state index is 0.0601. The number of rotatable bonds is 9. The Bertz CT molecular complexity index is 1190. The molecule has 2 aromatic carbocycles. The average Bonchev–Trinajstić information content (AvgIpc) is 3.34. The van der Waals surface area contributed by atoms with Crippen LogP contribution in [0.2, 0.25) is 0 Å². The quantitative estimate of drug-likeness (QED) is 0.404. The molecule has 2 aliphatic rings. The van der Waals surface area contributed by atoms with Crippen LogP contribution in [0.1, 0.15) is 23.8 Å². The molecule has 0 bridgehead atoms. The molecule has 0 spiro atoms. The number of para-hydroxylation sites is 1. The van der Waals surface area contributed by atoms with Crippen LogP contribution in [-0.4, -0.2) is 69.8 Å². The number of likely N-dealkylation sites (tertiary alicyclic amines) is 1. The van der Waals surface area contributed by atoms with E-state index in [-0.39, 0.29) is 24.8 Å². The van der Waals surface area contributed by atoms with Gasteiger partial charge in [0.2, 0.25) is 0 Å². The van der Waals surface area contributed by atoms with Crippen molar-refractivity contribution in [3.8, 4) is 17.2 Å². The molecule has 1 saturated carbocycles. The van der Waals surface area contributed by atoms with Gasteiger partial charge in [-0.25, -0.2) is 4.39 Å². The van der Waals surface area contributed by atoms with Crippen molar-refractivity contribution < 1.29 is 33.9 Å². The molecule has 5 atom stereocenters. The van der Waals surface area contributed by atoms with E-state index in [0.29, 0.717) is 31.0 Å². The molecule has 1 aliphatic carbocycles. The van der Waals surface area contributed by atoms with Crippen molar-refractivity contribution >= 4 is 0 Å². The largest absolute Gasteiger partial charge is 0.497 e. The number of aromatic nitrogens is 1. The Hall–Kier alpha value is -3.24. The fourth-order valence-electron chi connectivity index (χ4n) is 5.22. The van der Waals surface area contributed by atoms with Gasteiger partial charge in [0.05, 0.1) is 19.0 Å². The lowest BCUT2D eigenvalue weighted by Crippen LogP contribution is -2.49. The summed E-state index contributed by atoms with van der Waals surface area (Å²) in [6, 6.07) is 17.1. The molecule has 37 heavy (non-hydrogen) atoms. The lowest BCUT2D eigenvalue weighted by Gasteiger charge is -2.29. The van der Waals surface area contributed by atoms with Gasteiger partial charge in [0.15, 0.2) is 11.6 Å². The van der Waals surface area contributed by atoms with E-state index in [0.717, 1.165) is 11.3 Å². The van der Waals surface area contributed by atoms with Gasteiger partial charge in [0, 0.05) is 25.6 Å². The van der Waals surface area contributed by atoms with E-state index in [1.807, 2.05) is 29.2 Å². The summed E-state index contributed by atoms with van der Waals surface area (Å²) in [6.07, 6.45) is -0.786. The molecular formula is C28H31FN2O6. The highest BCUT2D eigenvalue weighted by Gasteiger charge is 2.59. The molecule has 3 N–H and O–H groups in total. The summed E-state index contributed by atoms with van der Waals surface area (Å²) in [5.41, 5.74) is 0.0932. The number of hydrogen-bond donors (Lipinski definition) is 3. The molecule has 2 heterocycles. The first-order valence-corrected chi connectivity index (χ1v) is 12.3. The number of aliphatic hydroxyl groups excluding tert-OH is 2. The van der Waals surface area contributed by atoms with Gasteiger partial charge >= 0.3 is 0 Å². The van der Waals surface area contributed by atoms with Gasteiger partial charge in [0.1, 0.15) is 42.0 Å². The van der Waals surface area contributed by atoms with Crippen LogP contribution in [-0.2, 0) is 6.61 Å². The highest BCUT2D eigenvalue weighted by Crippen LogP contribution is 2.44. The smallest absolute Gasteiger partial charge is 0.165 e. The van der Waals surface area contributed by atoms with Gasteiger partial charge in [-0.2, -0.15) is 0 Å². The molecule has 1 saturated heterocycles. The highest BCUT2D eigenvalue weighted by molar-refractivity contribution is 5.28. The summed E-state index contributed by atoms with van der Waals surface area (Å²) in [5, 5.41) is 32.8. The first-order valence-electron chi connectivity index (χ1n) is 12.3. The maximum atomic E-state index is 14.0. The van der Waals surface area contributed by atoms with E-state index in [1.54, 1.807) is 37.6 Å². The van der Waals surface area contributed by atoms with Crippen LogP contribution in [0.5, 0.6) is 17.2 Å². The molecule has 3 aromatic rings. The Balaban J connectivity index is 1.13. The number of hydrogen-bond acceptors (Lipinski definition) is 8. The summed E-state index contributed by atoms with van der Waals surface area (Å²) in [6.45, 7) is 1.29. The van der Waals surface area contributed by atoms with Crippen molar-refractivity contribution in [2.24, 2.45) is 5.92 Å². The minimum atomic E-state index is -1.39. The third kappa shape index (κ3) is 5.40. The zero-order valence-corrected chi connectivity index (χ0v) is 20.5. The Morgan fingerprint density at radius 2 is 1.86 bits per heavy atom. The van der Waals surface area contributed by atoms with Crippen LogP contribution in [0, 0.1) is 11.7 Å². The topological polar surface area (TPSA) is 105 Å². The van der Waals surface area contributed by atoms with Crippen LogP contribution in [0.3, 0.4) is 0 Å². The van der Waals surface area contributed by atoms with E-state index in [1.165, 1.54) is 12.1 Å². The molecule has 5 rings (SSSR count). The maximum Gasteiger partial charge on any atom is 0.165 e. The lowest BCUT2D eigenvalue weighted by molar-refractivity contribution is -0.0879. The SMILES string of the molecule is COc1ccc(COc2ccc([C@H](O)CN3C[C@H]4C[C@H](Oc5ccccc5F)[C@H](O)[C@@]4(O)C3)nc2)cc1. The maximum absolute atomic E-state index is 14.0.